The Labute approximate surface area is 109 Å². The van der Waals surface area contributed by atoms with E-state index in [2.05, 4.69) is 50.1 Å². The summed E-state index contributed by atoms with van der Waals surface area (Å²) in [4.78, 5) is 6.84. The molecule has 3 nitrogen and oxygen atoms in total. The van der Waals surface area contributed by atoms with Gasteiger partial charge in [0.1, 0.15) is 0 Å². The molecule has 1 unspecified atom stereocenters. The molecule has 1 heterocycles. The first kappa shape index (κ1) is 14.6. The number of thiazole rings is 1. The molecule has 0 aliphatic heterocycles. The quantitative estimate of drug-likeness (QED) is 0.877. The van der Waals surface area contributed by atoms with E-state index >= 15 is 0 Å². The monoisotopic (exact) mass is 255 g/mol. The first-order valence-corrected chi connectivity index (χ1v) is 7.02. The van der Waals surface area contributed by atoms with Crippen molar-refractivity contribution in [3.63, 3.8) is 0 Å². The molecule has 98 valence electrons. The van der Waals surface area contributed by atoms with Crippen LogP contribution in [0.3, 0.4) is 0 Å². The summed E-state index contributed by atoms with van der Waals surface area (Å²) in [5.41, 5.74) is 7.43. The predicted molar refractivity (Wildman–Crippen MR) is 75.7 cm³/mol. The van der Waals surface area contributed by atoms with E-state index in [9.17, 15) is 0 Å². The van der Waals surface area contributed by atoms with E-state index < -0.39 is 0 Å². The van der Waals surface area contributed by atoms with Gasteiger partial charge < -0.3 is 10.6 Å². The minimum Gasteiger partial charge on any atom is -0.327 e. The van der Waals surface area contributed by atoms with Crippen molar-refractivity contribution in [1.82, 2.24) is 9.88 Å². The van der Waals surface area contributed by atoms with Crippen molar-refractivity contribution >= 4 is 11.3 Å². The van der Waals surface area contributed by atoms with Crippen molar-refractivity contribution in [2.24, 2.45) is 5.73 Å². The van der Waals surface area contributed by atoms with Gasteiger partial charge in [0.15, 0.2) is 0 Å². The van der Waals surface area contributed by atoms with E-state index in [1.807, 2.05) is 0 Å². The van der Waals surface area contributed by atoms with Crippen LogP contribution >= 0.6 is 11.3 Å². The molecule has 2 N–H and O–H groups in total. The second-order valence-corrected chi connectivity index (χ2v) is 6.88. The Morgan fingerprint density at radius 1 is 1.41 bits per heavy atom. The lowest BCUT2D eigenvalue weighted by Gasteiger charge is -2.15. The minimum absolute atomic E-state index is 0.141. The Morgan fingerprint density at radius 3 is 2.53 bits per heavy atom. The lowest BCUT2D eigenvalue weighted by Crippen LogP contribution is -2.28. The molecular weight excluding hydrogens is 230 g/mol. The molecule has 0 aliphatic carbocycles. The number of aromatic nitrogens is 1. The van der Waals surface area contributed by atoms with Crippen LogP contribution in [0.15, 0.2) is 5.38 Å². The van der Waals surface area contributed by atoms with Gasteiger partial charge in [-0.25, -0.2) is 4.98 Å². The lowest BCUT2D eigenvalue weighted by molar-refractivity contribution is 0.379. The maximum absolute atomic E-state index is 6.11. The van der Waals surface area contributed by atoms with Gasteiger partial charge in [-0.3, -0.25) is 0 Å². The number of nitrogens with two attached hydrogens (primary N) is 1. The highest BCUT2D eigenvalue weighted by molar-refractivity contribution is 7.09. The largest absolute Gasteiger partial charge is 0.327 e. The van der Waals surface area contributed by atoms with Crippen molar-refractivity contribution in [3.05, 3.63) is 16.1 Å². The molecule has 0 amide bonds. The molecule has 1 rings (SSSR count). The maximum Gasteiger partial charge on any atom is 0.0943 e. The smallest absolute Gasteiger partial charge is 0.0943 e. The van der Waals surface area contributed by atoms with E-state index in [1.165, 1.54) is 10.7 Å². The van der Waals surface area contributed by atoms with Crippen molar-refractivity contribution < 1.29 is 0 Å². The van der Waals surface area contributed by atoms with Gasteiger partial charge in [0, 0.05) is 23.3 Å². The van der Waals surface area contributed by atoms with Gasteiger partial charge in [-0.15, -0.1) is 11.3 Å². The molecule has 0 aliphatic rings. The number of nitrogens with zero attached hydrogens (tertiary/aromatic N) is 2. The van der Waals surface area contributed by atoms with Crippen LogP contribution in [-0.2, 0) is 11.8 Å². The predicted octanol–water partition coefficient (Wildman–Crippen LogP) is 2.26. The van der Waals surface area contributed by atoms with Crippen molar-refractivity contribution in [1.29, 1.82) is 0 Å². The summed E-state index contributed by atoms with van der Waals surface area (Å²) in [6.45, 7) is 7.62. The average molecular weight is 255 g/mol. The minimum atomic E-state index is 0.141. The maximum atomic E-state index is 6.11. The summed E-state index contributed by atoms with van der Waals surface area (Å²) in [5, 5.41) is 3.33. The Balaban J connectivity index is 2.49. The molecule has 0 radical (unpaired) electrons. The van der Waals surface area contributed by atoms with Gasteiger partial charge in [0.05, 0.1) is 10.7 Å². The van der Waals surface area contributed by atoms with E-state index in [4.69, 9.17) is 5.73 Å². The zero-order valence-corrected chi connectivity index (χ0v) is 12.5. The topological polar surface area (TPSA) is 42.1 Å². The fraction of sp³-hybridized carbons (Fsp3) is 0.769. The standard InChI is InChI=1S/C13H25N3S/c1-13(2,3)11-9-17-12(15-11)8-10(14)6-7-16(4)5/h9-10H,6-8,14H2,1-5H3. The molecule has 0 spiro atoms. The zero-order chi connectivity index (χ0) is 13.1. The highest BCUT2D eigenvalue weighted by Crippen LogP contribution is 2.24. The van der Waals surface area contributed by atoms with Crippen LogP contribution in [0.1, 0.15) is 37.9 Å². The zero-order valence-electron chi connectivity index (χ0n) is 11.7. The van der Waals surface area contributed by atoms with E-state index in [1.54, 1.807) is 11.3 Å². The molecule has 0 saturated heterocycles. The Morgan fingerprint density at radius 2 is 2.06 bits per heavy atom. The molecule has 0 saturated carbocycles. The molecule has 0 aromatic carbocycles. The second kappa shape index (κ2) is 5.94. The molecule has 4 heteroatoms. The van der Waals surface area contributed by atoms with E-state index in [-0.39, 0.29) is 11.5 Å². The molecule has 0 bridgehead atoms. The number of hydrogen-bond acceptors (Lipinski definition) is 4. The highest BCUT2D eigenvalue weighted by atomic mass is 32.1. The lowest BCUT2D eigenvalue weighted by atomic mass is 9.93. The molecule has 1 aromatic heterocycles. The van der Waals surface area contributed by atoms with Crippen LogP contribution in [0.5, 0.6) is 0 Å². The van der Waals surface area contributed by atoms with Crippen molar-refractivity contribution in [3.8, 4) is 0 Å². The summed E-state index contributed by atoms with van der Waals surface area (Å²) < 4.78 is 0. The molecular formula is C13H25N3S. The van der Waals surface area contributed by atoms with Gasteiger partial charge in [0.2, 0.25) is 0 Å². The number of rotatable bonds is 5. The highest BCUT2D eigenvalue weighted by Gasteiger charge is 2.18. The van der Waals surface area contributed by atoms with Crippen LogP contribution in [0.2, 0.25) is 0 Å². The second-order valence-electron chi connectivity index (χ2n) is 5.93. The van der Waals surface area contributed by atoms with Gasteiger partial charge >= 0.3 is 0 Å². The number of hydrogen-bond donors (Lipinski definition) is 1. The first-order chi connectivity index (χ1) is 7.79. The fourth-order valence-electron chi connectivity index (χ4n) is 1.50. The summed E-state index contributed by atoms with van der Waals surface area (Å²) in [6, 6.07) is 0.219. The van der Waals surface area contributed by atoms with E-state index in [0.29, 0.717) is 0 Å². The van der Waals surface area contributed by atoms with Crippen molar-refractivity contribution in [2.45, 2.75) is 45.1 Å². The van der Waals surface area contributed by atoms with Gasteiger partial charge in [-0.2, -0.15) is 0 Å². The third-order valence-corrected chi connectivity index (χ3v) is 3.58. The normalized spacial score (nSPS) is 14.3. The van der Waals surface area contributed by atoms with Crippen LogP contribution in [-0.4, -0.2) is 36.6 Å². The first-order valence-electron chi connectivity index (χ1n) is 6.14. The summed E-state index contributed by atoms with van der Waals surface area (Å²) in [5.74, 6) is 0. The third-order valence-electron chi connectivity index (χ3n) is 2.70. The van der Waals surface area contributed by atoms with Crippen LogP contribution < -0.4 is 5.73 Å². The SMILES string of the molecule is CN(C)CCC(N)Cc1nc(C(C)(C)C)cs1. The Bertz CT molecular complexity index is 339. The van der Waals surface area contributed by atoms with Gasteiger partial charge in [-0.1, -0.05) is 20.8 Å². The van der Waals surface area contributed by atoms with Gasteiger partial charge in [-0.05, 0) is 27.1 Å². The Kier molecular flexibility index (Phi) is 5.10. The van der Waals surface area contributed by atoms with Gasteiger partial charge in [0.25, 0.3) is 0 Å². The molecule has 1 atom stereocenters. The fourth-order valence-corrected chi connectivity index (χ4v) is 2.61. The summed E-state index contributed by atoms with van der Waals surface area (Å²) in [6.07, 6.45) is 1.92. The molecule has 1 aromatic rings. The molecule has 0 fully saturated rings. The summed E-state index contributed by atoms with van der Waals surface area (Å²) >= 11 is 1.73. The Hall–Kier alpha value is -0.450. The van der Waals surface area contributed by atoms with Crippen molar-refractivity contribution in [2.75, 3.05) is 20.6 Å². The van der Waals surface area contributed by atoms with Crippen LogP contribution in [0, 0.1) is 0 Å². The van der Waals surface area contributed by atoms with Crippen LogP contribution in [0.4, 0.5) is 0 Å². The summed E-state index contributed by atoms with van der Waals surface area (Å²) in [7, 11) is 4.15. The average Bonchev–Trinajstić information content (AvgIpc) is 2.62. The molecule has 17 heavy (non-hydrogen) atoms. The van der Waals surface area contributed by atoms with E-state index in [0.717, 1.165) is 19.4 Å². The third kappa shape index (κ3) is 5.15. The van der Waals surface area contributed by atoms with Crippen LogP contribution in [0.25, 0.3) is 0 Å².